The van der Waals surface area contributed by atoms with Crippen LogP contribution >= 0.6 is 27.5 Å². The molecule has 0 bridgehead atoms. The Morgan fingerprint density at radius 3 is 2.47 bits per heavy atom. The quantitative estimate of drug-likeness (QED) is 0.800. The van der Waals surface area contributed by atoms with Gasteiger partial charge in [0.15, 0.2) is 0 Å². The molecule has 0 aliphatic carbocycles. The highest BCUT2D eigenvalue weighted by Gasteiger charge is 2.07. The van der Waals surface area contributed by atoms with E-state index in [4.69, 9.17) is 11.6 Å². The highest BCUT2D eigenvalue weighted by atomic mass is 79.9. The Hall–Kier alpha value is -0.390. The monoisotopic (exact) mass is 309 g/mol. The van der Waals surface area contributed by atoms with Crippen LogP contribution in [0, 0.1) is 0 Å². The molecule has 0 spiro atoms. The summed E-state index contributed by atoms with van der Waals surface area (Å²) < 4.78 is 15.6. The molecule has 0 N–H and O–H groups in total. The summed E-state index contributed by atoms with van der Waals surface area (Å²) in [6.07, 6.45) is 2.81. The van der Waals surface area contributed by atoms with E-state index in [0.29, 0.717) is 15.1 Å². The Balaban J connectivity index is 3.19. The number of halogens is 2. The lowest BCUT2D eigenvalue weighted by Gasteiger charge is -1.99. The van der Waals surface area contributed by atoms with Gasteiger partial charge in [-0.1, -0.05) is 27.5 Å². The molecule has 1 rings (SSSR count). The molecule has 0 aromatic heterocycles. The Labute approximate surface area is 102 Å². The topological polar surface area (TPSA) is 46.5 Å². The number of hydrogen-bond donors (Lipinski definition) is 0. The van der Waals surface area contributed by atoms with E-state index in [1.54, 1.807) is 12.1 Å². The summed E-state index contributed by atoms with van der Waals surface area (Å²) in [4.78, 5) is 11.5. The van der Waals surface area contributed by atoms with Crippen LogP contribution in [0.3, 0.4) is 0 Å². The minimum atomic E-state index is -2.43. The fraction of sp³-hybridized carbons (Fsp3) is 0.222. The Bertz CT molecular complexity index is 493. The normalized spacial score (nSPS) is 11.2. The zero-order chi connectivity index (χ0) is 11.6. The predicted octanol–water partition coefficient (Wildman–Crippen LogP) is 2.97. The number of carbonyl (C=O) groups excluding carboxylic acids is 1. The van der Waals surface area contributed by atoms with Gasteiger partial charge < -0.3 is 0 Å². The van der Waals surface area contributed by atoms with E-state index >= 15 is 0 Å². The van der Waals surface area contributed by atoms with Crippen LogP contribution in [0.25, 0.3) is 0 Å². The van der Waals surface area contributed by atoms with Crippen molar-refractivity contribution in [2.45, 2.75) is 0 Å². The van der Waals surface area contributed by atoms with Crippen LogP contribution in [0.15, 0.2) is 27.0 Å². The third-order valence-corrected chi connectivity index (χ3v) is 2.69. The molecule has 0 saturated heterocycles. The maximum absolute atomic E-state index is 11.5. The van der Waals surface area contributed by atoms with E-state index in [1.807, 2.05) is 0 Å². The lowest BCUT2D eigenvalue weighted by atomic mass is 10.2. The average Bonchev–Trinajstić information content (AvgIpc) is 1.98. The molecule has 15 heavy (non-hydrogen) atoms. The number of benzene rings is 1. The lowest BCUT2D eigenvalue weighted by molar-refractivity contribution is 0.100. The smallest absolute Gasteiger partial charge is 0.266 e. The molecule has 0 aliphatic rings. The van der Waals surface area contributed by atoms with Gasteiger partial charge in [0.05, 0.1) is 0 Å². The summed E-state index contributed by atoms with van der Waals surface area (Å²) in [5.41, 5.74) is 0.325. The molecule has 6 heteroatoms. The third kappa shape index (κ3) is 4.32. The van der Waals surface area contributed by atoms with Gasteiger partial charge in [-0.3, -0.25) is 4.79 Å². The maximum Gasteiger partial charge on any atom is 0.285 e. The first-order chi connectivity index (χ1) is 6.78. The number of carbonyl (C=O) groups is 1. The van der Waals surface area contributed by atoms with Crippen LogP contribution < -0.4 is 0 Å². The number of hydrogen-bond acceptors (Lipinski definition) is 2. The number of amides is 1. The second-order valence-electron chi connectivity index (χ2n) is 3.24. The maximum atomic E-state index is 11.5. The minimum Gasteiger partial charge on any atom is -0.266 e. The molecule has 0 heterocycles. The van der Waals surface area contributed by atoms with Gasteiger partial charge in [-0.05, 0) is 18.2 Å². The molecule has 0 unspecified atom stereocenters. The van der Waals surface area contributed by atoms with Crippen LogP contribution in [-0.4, -0.2) is 22.6 Å². The highest BCUT2D eigenvalue weighted by Crippen LogP contribution is 2.20. The summed E-state index contributed by atoms with van der Waals surface area (Å²) >= 11 is 8.98. The first kappa shape index (κ1) is 12.7. The zero-order valence-corrected chi connectivity index (χ0v) is 11.3. The second kappa shape index (κ2) is 4.63. The van der Waals surface area contributed by atoms with Gasteiger partial charge in [-0.25, -0.2) is 4.21 Å². The largest absolute Gasteiger partial charge is 0.285 e. The van der Waals surface area contributed by atoms with Crippen LogP contribution in [-0.2, 0) is 9.73 Å². The van der Waals surface area contributed by atoms with Crippen molar-refractivity contribution < 1.29 is 9.00 Å². The van der Waals surface area contributed by atoms with Gasteiger partial charge in [0.1, 0.15) is 0 Å². The first-order valence-electron chi connectivity index (χ1n) is 3.95. The average molecular weight is 311 g/mol. The molecular formula is C9H9BrClNO2S. The molecule has 82 valence electrons. The molecule has 0 saturated carbocycles. The van der Waals surface area contributed by atoms with Crippen molar-refractivity contribution >= 4 is 43.2 Å². The van der Waals surface area contributed by atoms with Crippen molar-refractivity contribution in [3.8, 4) is 0 Å². The van der Waals surface area contributed by atoms with Crippen LogP contribution in [0.2, 0.25) is 5.02 Å². The van der Waals surface area contributed by atoms with Crippen molar-refractivity contribution in [3.63, 3.8) is 0 Å². The minimum absolute atomic E-state index is 0.325. The lowest BCUT2D eigenvalue weighted by Crippen LogP contribution is -2.01. The standard InChI is InChI=1S/C9H9BrClNO2S/c1-15(2,14)12-9(13)6-3-7(10)5-8(11)4-6/h3-5H,1-2H3. The van der Waals surface area contributed by atoms with Crippen molar-refractivity contribution in [1.29, 1.82) is 0 Å². The molecule has 0 atom stereocenters. The van der Waals surface area contributed by atoms with E-state index in [9.17, 15) is 9.00 Å². The number of nitrogens with zero attached hydrogens (tertiary/aromatic N) is 1. The molecular weight excluding hydrogens is 302 g/mol. The van der Waals surface area contributed by atoms with Crippen molar-refractivity contribution in [1.82, 2.24) is 0 Å². The molecule has 0 aliphatic heterocycles. The van der Waals surface area contributed by atoms with Gasteiger partial charge in [-0.15, -0.1) is 0 Å². The molecule has 0 radical (unpaired) electrons. The predicted molar refractivity (Wildman–Crippen MR) is 65.9 cm³/mol. The van der Waals surface area contributed by atoms with Gasteiger partial charge >= 0.3 is 0 Å². The second-order valence-corrected chi connectivity index (χ2v) is 7.13. The molecule has 0 fully saturated rings. The summed E-state index contributed by atoms with van der Waals surface area (Å²) in [7, 11) is -2.43. The van der Waals surface area contributed by atoms with Crippen LogP contribution in [0.1, 0.15) is 10.4 Å². The van der Waals surface area contributed by atoms with E-state index in [2.05, 4.69) is 20.3 Å². The molecule has 3 nitrogen and oxygen atoms in total. The van der Waals surface area contributed by atoms with Crippen molar-refractivity contribution in [2.75, 3.05) is 12.5 Å². The summed E-state index contributed by atoms with van der Waals surface area (Å²) in [6.45, 7) is 0. The molecule has 1 aromatic carbocycles. The zero-order valence-electron chi connectivity index (χ0n) is 8.16. The van der Waals surface area contributed by atoms with Crippen LogP contribution in [0.5, 0.6) is 0 Å². The van der Waals surface area contributed by atoms with Crippen LogP contribution in [0.4, 0.5) is 0 Å². The summed E-state index contributed by atoms with van der Waals surface area (Å²) in [6, 6.07) is 4.74. The first-order valence-corrected chi connectivity index (χ1v) is 7.46. The number of rotatable bonds is 1. The Kier molecular flexibility index (Phi) is 3.92. The van der Waals surface area contributed by atoms with Gasteiger partial charge in [0, 0.05) is 37.3 Å². The Morgan fingerprint density at radius 2 is 2.00 bits per heavy atom. The van der Waals surface area contributed by atoms with E-state index in [1.165, 1.54) is 18.6 Å². The van der Waals surface area contributed by atoms with Crippen molar-refractivity contribution in [2.24, 2.45) is 4.36 Å². The highest BCUT2D eigenvalue weighted by molar-refractivity contribution is 9.10. The van der Waals surface area contributed by atoms with Crippen molar-refractivity contribution in [3.05, 3.63) is 33.3 Å². The fourth-order valence-electron chi connectivity index (χ4n) is 0.930. The van der Waals surface area contributed by atoms with Gasteiger partial charge in [-0.2, -0.15) is 4.36 Å². The van der Waals surface area contributed by atoms with E-state index in [-0.39, 0.29) is 0 Å². The summed E-state index contributed by atoms with van der Waals surface area (Å²) in [5, 5.41) is 0.432. The van der Waals surface area contributed by atoms with Gasteiger partial charge in [0.25, 0.3) is 5.91 Å². The third-order valence-electron chi connectivity index (χ3n) is 1.41. The molecule has 1 amide bonds. The van der Waals surface area contributed by atoms with Gasteiger partial charge in [0.2, 0.25) is 0 Å². The molecule has 1 aromatic rings. The van der Waals surface area contributed by atoms with E-state index in [0.717, 1.165) is 0 Å². The Morgan fingerprint density at radius 1 is 1.40 bits per heavy atom. The van der Waals surface area contributed by atoms with E-state index < -0.39 is 15.6 Å². The fourth-order valence-corrected chi connectivity index (χ4v) is 2.29. The summed E-state index contributed by atoms with van der Waals surface area (Å²) in [5.74, 6) is -0.520. The SMILES string of the molecule is CS(C)(=O)=NC(=O)c1cc(Cl)cc(Br)c1.